The molecule has 3 heterocycles. The summed E-state index contributed by atoms with van der Waals surface area (Å²) in [6.07, 6.45) is 8.39. The number of hydrogen-bond donors (Lipinski definition) is 2. The number of nitrogens with zero attached hydrogens (tertiary/aromatic N) is 4. The Morgan fingerprint density at radius 1 is 1.11 bits per heavy atom. The quantitative estimate of drug-likeness (QED) is 0.454. The van der Waals surface area contributed by atoms with Crippen LogP contribution in [0.25, 0.3) is 0 Å². The number of rotatable bonds is 6. The molecule has 6 nitrogen and oxygen atoms in total. The molecule has 0 unspecified atom stereocenters. The van der Waals surface area contributed by atoms with Crippen molar-refractivity contribution in [1.82, 2.24) is 20.6 Å². The summed E-state index contributed by atoms with van der Waals surface area (Å²) >= 11 is 5.82. The van der Waals surface area contributed by atoms with E-state index in [9.17, 15) is 0 Å². The van der Waals surface area contributed by atoms with E-state index in [1.54, 1.807) is 13.2 Å². The molecule has 0 spiro atoms. The summed E-state index contributed by atoms with van der Waals surface area (Å²) < 4.78 is 0. The number of piperidine rings is 1. The lowest BCUT2D eigenvalue weighted by molar-refractivity contribution is 0.573. The first-order chi connectivity index (χ1) is 13.2. The van der Waals surface area contributed by atoms with Crippen LogP contribution < -0.4 is 15.5 Å². The predicted octanol–water partition coefficient (Wildman–Crippen LogP) is 3.03. The van der Waals surface area contributed by atoms with Crippen LogP contribution in [-0.4, -0.2) is 42.6 Å². The fourth-order valence-corrected chi connectivity index (χ4v) is 3.26. The van der Waals surface area contributed by atoms with E-state index >= 15 is 0 Å². The lowest BCUT2D eigenvalue weighted by Crippen LogP contribution is -2.38. The highest BCUT2D eigenvalue weighted by Crippen LogP contribution is 2.18. The molecular formula is C20H27ClN6. The Morgan fingerprint density at radius 2 is 1.96 bits per heavy atom. The molecule has 0 bridgehead atoms. The summed E-state index contributed by atoms with van der Waals surface area (Å²) in [5.41, 5.74) is 2.35. The minimum atomic E-state index is 0.519. The Balaban J connectivity index is 1.46. The van der Waals surface area contributed by atoms with Crippen molar-refractivity contribution in [3.63, 3.8) is 0 Å². The Labute approximate surface area is 166 Å². The first-order valence-corrected chi connectivity index (χ1v) is 9.87. The topological polar surface area (TPSA) is 65.4 Å². The highest BCUT2D eigenvalue weighted by Gasteiger charge is 2.12. The number of hydrogen-bond acceptors (Lipinski definition) is 4. The van der Waals surface area contributed by atoms with Crippen molar-refractivity contribution in [1.29, 1.82) is 0 Å². The largest absolute Gasteiger partial charge is 0.357 e. The standard InChI is InChI=1S/C20H27ClN6/c1-22-20(24-10-7-16-5-6-18(21)25-14-16)26-15-17-8-9-23-19(13-17)27-11-3-2-4-12-27/h5-6,8-9,13-14H,2-4,7,10-12,15H2,1H3,(H2,22,24,26). The number of halogens is 1. The summed E-state index contributed by atoms with van der Waals surface area (Å²) in [7, 11) is 1.78. The maximum absolute atomic E-state index is 5.82. The molecule has 144 valence electrons. The van der Waals surface area contributed by atoms with Gasteiger partial charge in [0, 0.05) is 45.6 Å². The molecule has 1 aliphatic heterocycles. The van der Waals surface area contributed by atoms with Gasteiger partial charge in [-0.2, -0.15) is 0 Å². The number of guanidine groups is 1. The third kappa shape index (κ3) is 6.10. The number of aliphatic imine (C=N–C) groups is 1. The normalized spacial score (nSPS) is 14.9. The van der Waals surface area contributed by atoms with Crippen molar-refractivity contribution in [2.24, 2.45) is 4.99 Å². The predicted molar refractivity (Wildman–Crippen MR) is 111 cm³/mol. The van der Waals surface area contributed by atoms with Crippen molar-refractivity contribution in [2.45, 2.75) is 32.2 Å². The molecule has 0 aromatic carbocycles. The SMILES string of the molecule is CN=C(NCCc1ccc(Cl)nc1)NCc1ccnc(N2CCCCC2)c1. The van der Waals surface area contributed by atoms with Gasteiger partial charge in [0.05, 0.1) is 0 Å². The summed E-state index contributed by atoms with van der Waals surface area (Å²) in [5.74, 6) is 1.86. The second-order valence-corrected chi connectivity index (χ2v) is 7.05. The summed E-state index contributed by atoms with van der Waals surface area (Å²) in [4.78, 5) is 15.3. The monoisotopic (exact) mass is 386 g/mol. The molecule has 2 aromatic rings. The Morgan fingerprint density at radius 3 is 2.70 bits per heavy atom. The molecule has 27 heavy (non-hydrogen) atoms. The maximum atomic E-state index is 5.82. The first-order valence-electron chi connectivity index (χ1n) is 9.49. The molecule has 0 amide bonds. The van der Waals surface area contributed by atoms with E-state index < -0.39 is 0 Å². The third-order valence-corrected chi connectivity index (χ3v) is 4.89. The fourth-order valence-electron chi connectivity index (χ4n) is 3.15. The molecule has 7 heteroatoms. The zero-order chi connectivity index (χ0) is 18.9. The van der Waals surface area contributed by atoms with E-state index in [2.05, 4.69) is 36.6 Å². The minimum Gasteiger partial charge on any atom is -0.357 e. The average Bonchev–Trinajstić information content (AvgIpc) is 2.73. The number of anilines is 1. The van der Waals surface area contributed by atoms with Crippen LogP contribution in [0.3, 0.4) is 0 Å². The van der Waals surface area contributed by atoms with Crippen LogP contribution in [0, 0.1) is 0 Å². The third-order valence-electron chi connectivity index (χ3n) is 4.67. The molecule has 0 radical (unpaired) electrons. The van der Waals surface area contributed by atoms with Crippen LogP contribution in [0.2, 0.25) is 5.15 Å². The van der Waals surface area contributed by atoms with Gasteiger partial charge >= 0.3 is 0 Å². The molecule has 1 fully saturated rings. The molecule has 1 aliphatic rings. The summed E-state index contributed by atoms with van der Waals surface area (Å²) in [5, 5.41) is 7.22. The van der Waals surface area contributed by atoms with Gasteiger partial charge in [-0.15, -0.1) is 0 Å². The van der Waals surface area contributed by atoms with Crippen LogP contribution in [0.5, 0.6) is 0 Å². The van der Waals surface area contributed by atoms with E-state index in [0.29, 0.717) is 11.7 Å². The molecule has 0 atom stereocenters. The Hall–Kier alpha value is -2.34. The zero-order valence-corrected chi connectivity index (χ0v) is 16.5. The van der Waals surface area contributed by atoms with Crippen molar-refractivity contribution >= 4 is 23.4 Å². The number of nitrogens with one attached hydrogen (secondary N) is 2. The molecule has 0 saturated carbocycles. The van der Waals surface area contributed by atoms with E-state index in [0.717, 1.165) is 43.4 Å². The minimum absolute atomic E-state index is 0.519. The van der Waals surface area contributed by atoms with Crippen molar-refractivity contribution in [2.75, 3.05) is 31.6 Å². The van der Waals surface area contributed by atoms with E-state index in [4.69, 9.17) is 11.6 Å². The van der Waals surface area contributed by atoms with Crippen LogP contribution >= 0.6 is 11.6 Å². The van der Waals surface area contributed by atoms with E-state index in [1.807, 2.05) is 24.4 Å². The Bertz CT molecular complexity index is 740. The molecule has 2 N–H and O–H groups in total. The van der Waals surface area contributed by atoms with Gasteiger partial charge in [-0.25, -0.2) is 9.97 Å². The van der Waals surface area contributed by atoms with Gasteiger partial charge in [0.2, 0.25) is 0 Å². The van der Waals surface area contributed by atoms with Gasteiger partial charge in [-0.1, -0.05) is 17.7 Å². The van der Waals surface area contributed by atoms with Crippen molar-refractivity contribution in [3.8, 4) is 0 Å². The molecule has 0 aliphatic carbocycles. The zero-order valence-electron chi connectivity index (χ0n) is 15.8. The average molecular weight is 387 g/mol. The molecule has 1 saturated heterocycles. The van der Waals surface area contributed by atoms with Gasteiger partial charge < -0.3 is 15.5 Å². The van der Waals surface area contributed by atoms with E-state index in [-0.39, 0.29) is 0 Å². The van der Waals surface area contributed by atoms with Crippen LogP contribution in [0.15, 0.2) is 41.7 Å². The summed E-state index contributed by atoms with van der Waals surface area (Å²) in [6.45, 7) is 3.70. The smallest absolute Gasteiger partial charge is 0.191 e. The number of pyridine rings is 2. The molecular weight excluding hydrogens is 360 g/mol. The Kier molecular flexibility index (Phi) is 7.27. The molecule has 2 aromatic heterocycles. The van der Waals surface area contributed by atoms with Gasteiger partial charge in [-0.05, 0) is 55.0 Å². The van der Waals surface area contributed by atoms with Crippen LogP contribution in [-0.2, 0) is 13.0 Å². The van der Waals surface area contributed by atoms with Crippen molar-refractivity contribution in [3.05, 3.63) is 52.9 Å². The lowest BCUT2D eigenvalue weighted by Gasteiger charge is -2.28. The second kappa shape index (κ2) is 10.1. The highest BCUT2D eigenvalue weighted by atomic mass is 35.5. The van der Waals surface area contributed by atoms with Gasteiger partial charge in [0.1, 0.15) is 11.0 Å². The molecule has 3 rings (SSSR count). The van der Waals surface area contributed by atoms with E-state index in [1.165, 1.54) is 24.8 Å². The second-order valence-electron chi connectivity index (χ2n) is 6.66. The van der Waals surface area contributed by atoms with Crippen LogP contribution in [0.1, 0.15) is 30.4 Å². The van der Waals surface area contributed by atoms with Crippen molar-refractivity contribution < 1.29 is 0 Å². The first kappa shape index (κ1) is 19.4. The number of aromatic nitrogens is 2. The van der Waals surface area contributed by atoms with Crippen LogP contribution in [0.4, 0.5) is 5.82 Å². The van der Waals surface area contributed by atoms with Gasteiger partial charge in [-0.3, -0.25) is 4.99 Å². The lowest BCUT2D eigenvalue weighted by atomic mass is 10.1. The fraction of sp³-hybridized carbons (Fsp3) is 0.450. The maximum Gasteiger partial charge on any atom is 0.191 e. The summed E-state index contributed by atoms with van der Waals surface area (Å²) in [6, 6.07) is 8.03. The van der Waals surface area contributed by atoms with Gasteiger partial charge in [0.15, 0.2) is 5.96 Å². The van der Waals surface area contributed by atoms with Gasteiger partial charge in [0.25, 0.3) is 0 Å². The highest BCUT2D eigenvalue weighted by molar-refractivity contribution is 6.29.